The minimum atomic E-state index is -0.0555. The number of likely N-dealkylation sites (N-methyl/N-ethyl adjacent to an activating group) is 1. The molecule has 158 valence electrons. The molecular weight excluding hydrogens is 374 g/mol. The molecule has 0 aromatic heterocycles. The van der Waals surface area contributed by atoms with Gasteiger partial charge in [0.25, 0.3) is 0 Å². The lowest BCUT2D eigenvalue weighted by Gasteiger charge is -2.30. The number of ether oxygens (including phenoxy) is 1. The Morgan fingerprint density at radius 2 is 2.03 bits per heavy atom. The van der Waals surface area contributed by atoms with Gasteiger partial charge < -0.3 is 10.1 Å². The number of aryl methyl sites for hydroxylation is 1. The van der Waals surface area contributed by atoms with Crippen LogP contribution in [0, 0.1) is 0 Å². The maximum absolute atomic E-state index is 12.7. The summed E-state index contributed by atoms with van der Waals surface area (Å²) in [4.78, 5) is 16.7. The minimum absolute atomic E-state index is 0.0555. The van der Waals surface area contributed by atoms with Gasteiger partial charge >= 0.3 is 6.03 Å². The lowest BCUT2D eigenvalue weighted by atomic mass is 10.0. The molecule has 1 aliphatic rings. The SMILES string of the molecule is C=CCN(C)C/C=C/COc1ccc2c(c1)CCCN2C(=O)NCc1ccccc1. The van der Waals surface area contributed by atoms with E-state index in [1.807, 2.05) is 59.5 Å². The van der Waals surface area contributed by atoms with Crippen molar-refractivity contribution in [3.05, 3.63) is 84.5 Å². The van der Waals surface area contributed by atoms with E-state index in [0.717, 1.165) is 55.0 Å². The van der Waals surface area contributed by atoms with Gasteiger partial charge in [0.05, 0.1) is 0 Å². The van der Waals surface area contributed by atoms with Crippen molar-refractivity contribution in [2.45, 2.75) is 19.4 Å². The number of carbonyl (C=O) groups excluding carboxylic acids is 1. The monoisotopic (exact) mass is 405 g/mol. The van der Waals surface area contributed by atoms with E-state index in [0.29, 0.717) is 13.2 Å². The summed E-state index contributed by atoms with van der Waals surface area (Å²) in [5.74, 6) is 0.837. The van der Waals surface area contributed by atoms with Crippen molar-refractivity contribution in [3.8, 4) is 5.75 Å². The van der Waals surface area contributed by atoms with Crippen LogP contribution in [0.3, 0.4) is 0 Å². The first-order valence-corrected chi connectivity index (χ1v) is 10.5. The smallest absolute Gasteiger partial charge is 0.322 e. The molecule has 0 aliphatic carbocycles. The first kappa shape index (κ1) is 21.7. The minimum Gasteiger partial charge on any atom is -0.490 e. The summed E-state index contributed by atoms with van der Waals surface area (Å²) in [7, 11) is 2.05. The van der Waals surface area contributed by atoms with Gasteiger partial charge in [-0.1, -0.05) is 48.6 Å². The molecule has 1 N–H and O–H groups in total. The van der Waals surface area contributed by atoms with Crippen molar-refractivity contribution in [2.75, 3.05) is 38.2 Å². The van der Waals surface area contributed by atoms with Crippen molar-refractivity contribution in [2.24, 2.45) is 0 Å². The first-order valence-electron chi connectivity index (χ1n) is 10.5. The zero-order valence-electron chi connectivity index (χ0n) is 17.7. The van der Waals surface area contributed by atoms with E-state index >= 15 is 0 Å². The van der Waals surface area contributed by atoms with Gasteiger partial charge in [-0.2, -0.15) is 0 Å². The fourth-order valence-electron chi connectivity index (χ4n) is 3.50. The topological polar surface area (TPSA) is 44.8 Å². The number of hydrogen-bond acceptors (Lipinski definition) is 3. The summed E-state index contributed by atoms with van der Waals surface area (Å²) in [5.41, 5.74) is 3.22. The summed E-state index contributed by atoms with van der Waals surface area (Å²) in [6.07, 6.45) is 7.92. The van der Waals surface area contributed by atoms with Crippen LogP contribution in [0.5, 0.6) is 5.75 Å². The Hall–Kier alpha value is -3.05. The highest BCUT2D eigenvalue weighted by molar-refractivity contribution is 5.93. The van der Waals surface area contributed by atoms with E-state index in [1.165, 1.54) is 0 Å². The Bertz CT molecular complexity index is 864. The number of nitrogens with zero attached hydrogens (tertiary/aromatic N) is 2. The van der Waals surface area contributed by atoms with Crippen LogP contribution >= 0.6 is 0 Å². The van der Waals surface area contributed by atoms with Crippen LogP contribution in [0.4, 0.5) is 10.5 Å². The van der Waals surface area contributed by atoms with Crippen molar-refractivity contribution in [1.82, 2.24) is 10.2 Å². The van der Waals surface area contributed by atoms with Crippen molar-refractivity contribution in [3.63, 3.8) is 0 Å². The normalized spacial score (nSPS) is 13.3. The molecule has 0 unspecified atom stereocenters. The van der Waals surface area contributed by atoms with Crippen molar-refractivity contribution in [1.29, 1.82) is 0 Å². The lowest BCUT2D eigenvalue weighted by Crippen LogP contribution is -2.42. The van der Waals surface area contributed by atoms with E-state index in [-0.39, 0.29) is 6.03 Å². The second-order valence-electron chi connectivity index (χ2n) is 7.48. The molecular formula is C25H31N3O2. The van der Waals surface area contributed by atoms with Crippen LogP contribution in [-0.4, -0.2) is 44.2 Å². The molecule has 0 spiro atoms. The predicted molar refractivity (Wildman–Crippen MR) is 123 cm³/mol. The van der Waals surface area contributed by atoms with Gasteiger partial charge in [0, 0.05) is 31.9 Å². The molecule has 2 aromatic carbocycles. The molecule has 3 rings (SSSR count). The van der Waals surface area contributed by atoms with E-state index in [4.69, 9.17) is 4.74 Å². The molecule has 2 aromatic rings. The van der Waals surface area contributed by atoms with Gasteiger partial charge in [0.1, 0.15) is 12.4 Å². The second kappa shape index (κ2) is 11.2. The standard InChI is InChI=1S/C25H31N3O2/c1-3-15-27(2)16-7-8-18-30-23-13-14-24-22(19-23)12-9-17-28(24)25(29)26-20-21-10-5-4-6-11-21/h3-8,10-11,13-14,19H,1,9,12,15-18,20H2,2H3,(H,26,29)/b8-7+. The van der Waals surface area contributed by atoms with Gasteiger partial charge in [0.15, 0.2) is 0 Å². The molecule has 0 saturated carbocycles. The van der Waals surface area contributed by atoms with Crippen LogP contribution in [0.15, 0.2) is 73.3 Å². The fraction of sp³-hybridized carbons (Fsp3) is 0.320. The van der Waals surface area contributed by atoms with Crippen molar-refractivity contribution < 1.29 is 9.53 Å². The Balaban J connectivity index is 1.54. The third-order valence-corrected chi connectivity index (χ3v) is 5.07. The van der Waals surface area contributed by atoms with Crippen molar-refractivity contribution >= 4 is 11.7 Å². The molecule has 1 aliphatic heterocycles. The molecule has 0 bridgehead atoms. The van der Waals surface area contributed by atoms with Gasteiger partial charge in [-0.3, -0.25) is 9.80 Å². The molecule has 0 atom stereocenters. The highest BCUT2D eigenvalue weighted by atomic mass is 16.5. The third kappa shape index (κ3) is 6.22. The average Bonchev–Trinajstić information content (AvgIpc) is 2.77. The predicted octanol–water partition coefficient (Wildman–Crippen LogP) is 4.40. The number of rotatable bonds is 9. The van der Waals surface area contributed by atoms with Gasteiger partial charge in [-0.05, 0) is 49.2 Å². The van der Waals surface area contributed by atoms with Crippen LogP contribution in [0.1, 0.15) is 17.5 Å². The zero-order chi connectivity index (χ0) is 21.2. The molecule has 30 heavy (non-hydrogen) atoms. The Kier molecular flexibility index (Phi) is 8.10. The summed E-state index contributed by atoms with van der Waals surface area (Å²) >= 11 is 0. The Morgan fingerprint density at radius 1 is 1.20 bits per heavy atom. The molecule has 0 radical (unpaired) electrons. The highest BCUT2D eigenvalue weighted by Crippen LogP contribution is 2.30. The molecule has 5 heteroatoms. The molecule has 0 fully saturated rings. The maximum atomic E-state index is 12.7. The van der Waals surface area contributed by atoms with E-state index in [2.05, 4.69) is 36.0 Å². The largest absolute Gasteiger partial charge is 0.490 e. The maximum Gasteiger partial charge on any atom is 0.322 e. The van der Waals surface area contributed by atoms with E-state index in [9.17, 15) is 4.79 Å². The van der Waals surface area contributed by atoms with Crippen LogP contribution in [-0.2, 0) is 13.0 Å². The van der Waals surface area contributed by atoms with Crippen LogP contribution < -0.4 is 15.0 Å². The number of urea groups is 1. The zero-order valence-corrected chi connectivity index (χ0v) is 17.7. The van der Waals surface area contributed by atoms with Gasteiger partial charge in [0.2, 0.25) is 0 Å². The molecule has 1 heterocycles. The number of benzene rings is 2. The van der Waals surface area contributed by atoms with Gasteiger partial charge in [-0.25, -0.2) is 4.79 Å². The third-order valence-electron chi connectivity index (χ3n) is 5.07. The molecule has 0 saturated heterocycles. The number of amides is 2. The van der Waals surface area contributed by atoms with Crippen LogP contribution in [0.2, 0.25) is 0 Å². The summed E-state index contributed by atoms with van der Waals surface area (Å²) in [6, 6.07) is 15.9. The van der Waals surface area contributed by atoms with Crippen LogP contribution in [0.25, 0.3) is 0 Å². The first-order chi connectivity index (χ1) is 14.7. The molecule has 5 nitrogen and oxygen atoms in total. The Morgan fingerprint density at radius 3 is 2.83 bits per heavy atom. The van der Waals surface area contributed by atoms with E-state index in [1.54, 1.807) is 0 Å². The highest BCUT2D eigenvalue weighted by Gasteiger charge is 2.22. The van der Waals surface area contributed by atoms with E-state index < -0.39 is 0 Å². The lowest BCUT2D eigenvalue weighted by molar-refractivity contribution is 0.245. The average molecular weight is 406 g/mol. The summed E-state index contributed by atoms with van der Waals surface area (Å²) in [6.45, 7) is 7.26. The Labute approximate surface area is 179 Å². The number of carbonyl (C=O) groups is 1. The number of fused-ring (bicyclic) bond motifs is 1. The quantitative estimate of drug-likeness (QED) is 0.629. The summed E-state index contributed by atoms with van der Waals surface area (Å²) < 4.78 is 5.87. The summed E-state index contributed by atoms with van der Waals surface area (Å²) in [5, 5.41) is 3.03. The van der Waals surface area contributed by atoms with Gasteiger partial charge in [-0.15, -0.1) is 6.58 Å². The fourth-order valence-corrected chi connectivity index (χ4v) is 3.50. The number of nitrogens with one attached hydrogen (secondary N) is 1. The number of anilines is 1. The number of hydrogen-bond donors (Lipinski definition) is 1. The second-order valence-corrected chi connectivity index (χ2v) is 7.48. The molecule has 2 amide bonds.